The lowest BCUT2D eigenvalue weighted by Crippen LogP contribution is -1.98. The zero-order chi connectivity index (χ0) is 14.4. The molecule has 0 amide bonds. The molecule has 3 rings (SSSR count). The van der Waals surface area contributed by atoms with E-state index < -0.39 is 4.92 Å². The minimum Gasteiger partial charge on any atom is -0.383 e. The number of anilines is 1. The zero-order valence-corrected chi connectivity index (χ0v) is 11.8. The highest BCUT2D eigenvalue weighted by Crippen LogP contribution is 2.34. The van der Waals surface area contributed by atoms with Gasteiger partial charge in [0.2, 0.25) is 0 Å². The number of nitrogens with zero attached hydrogens (tertiary/aromatic N) is 3. The average Bonchev–Trinajstić information content (AvgIpc) is 2.93. The first kappa shape index (κ1) is 12.6. The van der Waals surface area contributed by atoms with Crippen LogP contribution in [0.25, 0.3) is 16.9 Å². The molecule has 7 heteroatoms. The fourth-order valence-corrected chi connectivity index (χ4v) is 3.02. The largest absolute Gasteiger partial charge is 0.383 e. The van der Waals surface area contributed by atoms with E-state index in [4.69, 9.17) is 5.73 Å². The Morgan fingerprint density at radius 2 is 2.10 bits per heavy atom. The van der Waals surface area contributed by atoms with E-state index in [-0.39, 0.29) is 5.00 Å². The SMILES string of the molecule is Cc1cc(C)n2c(N)c(-c3csc([N+](=O)[O-])c3)nc2c1. The Bertz CT molecular complexity index is 834. The van der Waals surface area contributed by atoms with Crippen LogP contribution < -0.4 is 5.73 Å². The molecular weight excluding hydrogens is 276 g/mol. The van der Waals surface area contributed by atoms with Gasteiger partial charge in [0.05, 0.1) is 4.92 Å². The van der Waals surface area contributed by atoms with Crippen molar-refractivity contribution >= 4 is 27.8 Å². The summed E-state index contributed by atoms with van der Waals surface area (Å²) in [5.41, 5.74) is 10.2. The molecule has 0 aliphatic heterocycles. The van der Waals surface area contributed by atoms with Crippen LogP contribution in [0.5, 0.6) is 0 Å². The highest BCUT2D eigenvalue weighted by molar-refractivity contribution is 7.13. The van der Waals surface area contributed by atoms with Crippen molar-refractivity contribution in [2.75, 3.05) is 5.73 Å². The summed E-state index contributed by atoms with van der Waals surface area (Å²) in [6, 6.07) is 5.46. The molecule has 3 aromatic rings. The molecule has 6 nitrogen and oxygen atoms in total. The normalized spacial score (nSPS) is 11.1. The molecule has 0 atom stereocenters. The second-order valence-corrected chi connectivity index (χ2v) is 5.53. The van der Waals surface area contributed by atoms with Gasteiger partial charge in [-0.3, -0.25) is 14.5 Å². The third-order valence-corrected chi connectivity index (χ3v) is 4.00. The minimum absolute atomic E-state index is 0.0874. The molecule has 3 aromatic heterocycles. The molecule has 0 aromatic carbocycles. The number of pyridine rings is 1. The van der Waals surface area contributed by atoms with Crippen LogP contribution >= 0.6 is 11.3 Å². The summed E-state index contributed by atoms with van der Waals surface area (Å²) in [6.07, 6.45) is 0. The number of hydrogen-bond acceptors (Lipinski definition) is 5. The van der Waals surface area contributed by atoms with Crippen molar-refractivity contribution in [3.63, 3.8) is 0 Å². The van der Waals surface area contributed by atoms with Crippen LogP contribution in [-0.2, 0) is 0 Å². The molecule has 0 aliphatic carbocycles. The molecule has 20 heavy (non-hydrogen) atoms. The fraction of sp³-hybridized carbons (Fsp3) is 0.154. The lowest BCUT2D eigenvalue weighted by molar-refractivity contribution is -0.380. The summed E-state index contributed by atoms with van der Waals surface area (Å²) in [7, 11) is 0. The van der Waals surface area contributed by atoms with Gasteiger partial charge in [0, 0.05) is 22.7 Å². The van der Waals surface area contributed by atoms with E-state index in [9.17, 15) is 10.1 Å². The smallest absolute Gasteiger partial charge is 0.324 e. The number of nitrogens with two attached hydrogens (primary N) is 1. The van der Waals surface area contributed by atoms with E-state index in [1.165, 1.54) is 6.07 Å². The van der Waals surface area contributed by atoms with Crippen molar-refractivity contribution in [3.05, 3.63) is 45.0 Å². The maximum absolute atomic E-state index is 10.8. The Hall–Kier alpha value is -2.41. The Morgan fingerprint density at radius 1 is 1.35 bits per heavy atom. The average molecular weight is 288 g/mol. The second-order valence-electron chi connectivity index (χ2n) is 4.64. The highest BCUT2D eigenvalue weighted by atomic mass is 32.1. The molecular formula is C13H12N4O2S. The van der Waals surface area contributed by atoms with Gasteiger partial charge in [-0.15, -0.1) is 0 Å². The van der Waals surface area contributed by atoms with Crippen LogP contribution in [0.4, 0.5) is 10.8 Å². The first-order chi connectivity index (χ1) is 9.47. The fourth-order valence-electron chi connectivity index (χ4n) is 2.32. The lowest BCUT2D eigenvalue weighted by atomic mass is 10.2. The topological polar surface area (TPSA) is 86.5 Å². The summed E-state index contributed by atoms with van der Waals surface area (Å²) in [5, 5.41) is 12.6. The Kier molecular flexibility index (Phi) is 2.72. The maximum Gasteiger partial charge on any atom is 0.324 e. The van der Waals surface area contributed by atoms with E-state index in [0.717, 1.165) is 28.2 Å². The summed E-state index contributed by atoms with van der Waals surface area (Å²) in [5.74, 6) is 0.505. The van der Waals surface area contributed by atoms with Gasteiger partial charge in [0.1, 0.15) is 17.2 Å². The van der Waals surface area contributed by atoms with Gasteiger partial charge >= 0.3 is 5.00 Å². The Balaban J connectivity index is 2.23. The molecule has 2 N–H and O–H groups in total. The molecule has 0 spiro atoms. The summed E-state index contributed by atoms with van der Waals surface area (Å²) in [4.78, 5) is 14.9. The molecule has 0 saturated carbocycles. The van der Waals surface area contributed by atoms with Crippen molar-refractivity contribution in [1.82, 2.24) is 9.38 Å². The van der Waals surface area contributed by atoms with Crippen molar-refractivity contribution in [2.24, 2.45) is 0 Å². The number of aromatic nitrogens is 2. The van der Waals surface area contributed by atoms with Crippen LogP contribution in [0.3, 0.4) is 0 Å². The molecule has 0 fully saturated rings. The van der Waals surface area contributed by atoms with Gasteiger partial charge < -0.3 is 5.73 Å². The van der Waals surface area contributed by atoms with Gasteiger partial charge in [-0.2, -0.15) is 0 Å². The summed E-state index contributed by atoms with van der Waals surface area (Å²) >= 11 is 1.07. The van der Waals surface area contributed by atoms with Gasteiger partial charge in [-0.05, 0) is 31.5 Å². The number of nitrogen functional groups attached to an aromatic ring is 1. The van der Waals surface area contributed by atoms with Gasteiger partial charge in [-0.25, -0.2) is 4.98 Å². The molecule has 0 saturated heterocycles. The van der Waals surface area contributed by atoms with E-state index in [0.29, 0.717) is 17.1 Å². The predicted octanol–water partition coefficient (Wildman–Crippen LogP) is 3.17. The van der Waals surface area contributed by atoms with Gasteiger partial charge in [0.25, 0.3) is 0 Å². The van der Waals surface area contributed by atoms with Crippen molar-refractivity contribution < 1.29 is 4.92 Å². The van der Waals surface area contributed by atoms with Crippen molar-refractivity contribution in [1.29, 1.82) is 0 Å². The van der Waals surface area contributed by atoms with E-state index in [2.05, 4.69) is 4.98 Å². The molecule has 0 aliphatic rings. The standard InChI is InChI=1S/C13H12N4O2S/c1-7-3-8(2)16-10(4-7)15-12(13(16)14)9-5-11(17(18)19)20-6-9/h3-6H,14H2,1-2H3. The quantitative estimate of drug-likeness (QED) is 0.579. The number of imidazole rings is 1. The summed E-state index contributed by atoms with van der Waals surface area (Å²) < 4.78 is 1.85. The van der Waals surface area contributed by atoms with Crippen LogP contribution in [0.2, 0.25) is 0 Å². The number of hydrogen-bond donors (Lipinski definition) is 1. The molecule has 0 unspecified atom stereocenters. The second kappa shape index (κ2) is 4.31. The number of nitro groups is 1. The molecule has 0 radical (unpaired) electrons. The predicted molar refractivity (Wildman–Crippen MR) is 79.0 cm³/mol. The lowest BCUT2D eigenvalue weighted by Gasteiger charge is -2.03. The van der Waals surface area contributed by atoms with Crippen LogP contribution in [0.15, 0.2) is 23.6 Å². The number of rotatable bonds is 2. The first-order valence-corrected chi connectivity index (χ1v) is 6.84. The van der Waals surface area contributed by atoms with E-state index in [1.54, 1.807) is 5.38 Å². The van der Waals surface area contributed by atoms with Gasteiger partial charge in [-0.1, -0.05) is 11.3 Å². The first-order valence-electron chi connectivity index (χ1n) is 5.96. The molecule has 3 heterocycles. The molecule has 0 bridgehead atoms. The zero-order valence-electron chi connectivity index (χ0n) is 11.0. The van der Waals surface area contributed by atoms with Crippen LogP contribution in [0.1, 0.15) is 11.3 Å². The van der Waals surface area contributed by atoms with Gasteiger partial charge in [0.15, 0.2) is 0 Å². The maximum atomic E-state index is 10.8. The Labute approximate surface area is 118 Å². The van der Waals surface area contributed by atoms with Crippen molar-refractivity contribution in [2.45, 2.75) is 13.8 Å². The highest BCUT2D eigenvalue weighted by Gasteiger charge is 2.17. The van der Waals surface area contributed by atoms with E-state index in [1.807, 2.05) is 30.4 Å². The molecule has 102 valence electrons. The van der Waals surface area contributed by atoms with Crippen LogP contribution in [-0.4, -0.2) is 14.3 Å². The number of aryl methyl sites for hydroxylation is 2. The third kappa shape index (κ3) is 1.83. The monoisotopic (exact) mass is 288 g/mol. The third-order valence-electron chi connectivity index (χ3n) is 3.12. The van der Waals surface area contributed by atoms with Crippen molar-refractivity contribution in [3.8, 4) is 11.3 Å². The minimum atomic E-state index is -0.407. The number of thiophene rings is 1. The summed E-state index contributed by atoms with van der Waals surface area (Å²) in [6.45, 7) is 3.95. The van der Waals surface area contributed by atoms with E-state index >= 15 is 0 Å². The number of fused-ring (bicyclic) bond motifs is 1. The van der Waals surface area contributed by atoms with Crippen LogP contribution in [0, 0.1) is 24.0 Å². The Morgan fingerprint density at radius 3 is 2.75 bits per heavy atom.